The Hall–Kier alpha value is -0.160. The first-order valence-electron chi connectivity index (χ1n) is 11.2. The van der Waals surface area contributed by atoms with Crippen LogP contribution in [-0.2, 0) is 19.6 Å². The van der Waals surface area contributed by atoms with Gasteiger partial charge in [-0.1, -0.05) is 83.1 Å². The summed E-state index contributed by atoms with van der Waals surface area (Å²) in [6.07, 6.45) is 2.24. The summed E-state index contributed by atoms with van der Waals surface area (Å²) in [5.74, 6) is -0.800. The van der Waals surface area contributed by atoms with Crippen LogP contribution in [0.2, 0.25) is 0 Å². The number of hydrogen-bond donors (Lipinski definition) is 0. The van der Waals surface area contributed by atoms with Gasteiger partial charge in [0, 0.05) is 22.7 Å². The van der Waals surface area contributed by atoms with Gasteiger partial charge in [0.25, 0.3) is 0 Å². The summed E-state index contributed by atoms with van der Waals surface area (Å²) < 4.78 is 0. The van der Waals surface area contributed by atoms with Crippen molar-refractivity contribution in [2.45, 2.75) is 108 Å². The molecule has 2 saturated carbocycles. The lowest BCUT2D eigenvalue weighted by molar-refractivity contribution is -0.707. The predicted octanol–water partition coefficient (Wildman–Crippen LogP) is 6.75. The van der Waals surface area contributed by atoms with E-state index in [-0.39, 0.29) is 33.5 Å². The van der Waals surface area contributed by atoms with Gasteiger partial charge in [0.1, 0.15) is 0 Å². The second-order valence-electron chi connectivity index (χ2n) is 12.7. The van der Waals surface area contributed by atoms with Crippen LogP contribution in [0.1, 0.15) is 95.9 Å². The number of rotatable bonds is 0. The van der Waals surface area contributed by atoms with E-state index >= 15 is 0 Å². The summed E-state index contributed by atoms with van der Waals surface area (Å²) in [6, 6.07) is 0. The lowest BCUT2D eigenvalue weighted by Crippen LogP contribution is -2.72. The van der Waals surface area contributed by atoms with Crippen LogP contribution in [0.5, 0.6) is 0 Å². The first kappa shape index (κ1) is 22.5. The van der Waals surface area contributed by atoms with Gasteiger partial charge < -0.3 is 0 Å². The zero-order chi connectivity index (χ0) is 21.6. The van der Waals surface area contributed by atoms with Crippen molar-refractivity contribution in [3.05, 3.63) is 0 Å². The highest BCUT2D eigenvalue weighted by molar-refractivity contribution is 5.07. The zero-order valence-corrected chi connectivity index (χ0v) is 20.4. The van der Waals surface area contributed by atoms with Crippen LogP contribution < -0.4 is 0 Å². The molecule has 3 fully saturated rings. The van der Waals surface area contributed by atoms with Gasteiger partial charge >= 0.3 is 0 Å². The average molecular weight is 397 g/mol. The molecule has 0 radical (unpaired) electrons. The Kier molecular flexibility index (Phi) is 4.97. The normalized spacial score (nSPS) is 49.3. The third-order valence-corrected chi connectivity index (χ3v) is 9.99. The molecule has 2 aliphatic carbocycles. The highest BCUT2D eigenvalue weighted by Crippen LogP contribution is 2.66. The molecule has 0 aromatic rings. The average Bonchev–Trinajstić information content (AvgIpc) is 2.57. The third kappa shape index (κ3) is 2.63. The molecule has 0 aromatic heterocycles. The minimum Gasteiger partial charge on any atom is -0.194 e. The van der Waals surface area contributed by atoms with Gasteiger partial charge in [-0.05, 0) is 35.5 Å². The van der Waals surface area contributed by atoms with E-state index in [0.717, 1.165) is 12.8 Å². The highest BCUT2D eigenvalue weighted by Gasteiger charge is 2.72. The molecule has 1 heterocycles. The highest BCUT2D eigenvalue weighted by atomic mass is 17.4. The van der Waals surface area contributed by atoms with Gasteiger partial charge in [0.05, 0.1) is 0 Å². The zero-order valence-electron chi connectivity index (χ0n) is 20.4. The molecule has 1 aliphatic heterocycles. The van der Waals surface area contributed by atoms with E-state index in [9.17, 15) is 0 Å². The Balaban J connectivity index is 2.02. The largest absolute Gasteiger partial charge is 0.242 e. The molecule has 2 spiro atoms. The molecule has 3 rings (SSSR count). The summed E-state index contributed by atoms with van der Waals surface area (Å²) in [7, 11) is 0. The molecule has 4 heteroatoms. The van der Waals surface area contributed by atoms with E-state index in [4.69, 9.17) is 19.6 Å². The first-order chi connectivity index (χ1) is 12.5. The Morgan fingerprint density at radius 2 is 0.750 bits per heavy atom. The maximum absolute atomic E-state index is 6.43. The summed E-state index contributed by atoms with van der Waals surface area (Å²) in [5.41, 5.74) is -0.363. The van der Waals surface area contributed by atoms with Crippen LogP contribution in [-0.4, -0.2) is 11.6 Å². The first-order valence-corrected chi connectivity index (χ1v) is 11.2. The topological polar surface area (TPSA) is 36.9 Å². The van der Waals surface area contributed by atoms with Crippen molar-refractivity contribution in [1.82, 2.24) is 0 Å². The van der Waals surface area contributed by atoms with Gasteiger partial charge in [-0.2, -0.15) is 19.6 Å². The van der Waals surface area contributed by atoms with Crippen molar-refractivity contribution in [2.24, 2.45) is 45.3 Å². The van der Waals surface area contributed by atoms with Crippen LogP contribution in [0.3, 0.4) is 0 Å². The summed E-state index contributed by atoms with van der Waals surface area (Å²) in [5, 5.41) is 0. The molecule has 3 aliphatic rings. The molecule has 28 heavy (non-hydrogen) atoms. The molecule has 0 aromatic carbocycles. The Labute approximate surface area is 172 Å². The maximum Gasteiger partial charge on any atom is 0.242 e. The monoisotopic (exact) mass is 396 g/mol. The van der Waals surface area contributed by atoms with Gasteiger partial charge in [-0.3, -0.25) is 0 Å². The van der Waals surface area contributed by atoms with E-state index in [1.54, 1.807) is 0 Å². The quantitative estimate of drug-likeness (QED) is 0.425. The third-order valence-electron chi connectivity index (χ3n) is 9.99. The molecule has 4 unspecified atom stereocenters. The molecule has 0 N–H and O–H groups in total. The van der Waals surface area contributed by atoms with E-state index in [2.05, 4.69) is 83.1 Å². The van der Waals surface area contributed by atoms with Gasteiger partial charge in [-0.25, -0.2) is 0 Å². The molecule has 4 nitrogen and oxygen atoms in total. The summed E-state index contributed by atoms with van der Waals surface area (Å²) in [6.45, 7) is 27.0. The van der Waals surface area contributed by atoms with Crippen molar-refractivity contribution in [3.63, 3.8) is 0 Å². The maximum atomic E-state index is 6.43. The van der Waals surface area contributed by atoms with Crippen molar-refractivity contribution < 1.29 is 19.6 Å². The van der Waals surface area contributed by atoms with E-state index in [1.807, 2.05) is 0 Å². The molecule has 4 atom stereocenters. The fourth-order valence-corrected chi connectivity index (χ4v) is 6.27. The molecule has 0 bridgehead atoms. The van der Waals surface area contributed by atoms with Crippen LogP contribution in [0.15, 0.2) is 0 Å². The molecule has 1 saturated heterocycles. The van der Waals surface area contributed by atoms with E-state index in [0.29, 0.717) is 11.8 Å². The predicted molar refractivity (Wildman–Crippen MR) is 111 cm³/mol. The van der Waals surface area contributed by atoms with Crippen molar-refractivity contribution in [1.29, 1.82) is 0 Å². The van der Waals surface area contributed by atoms with Crippen LogP contribution in [0, 0.1) is 45.3 Å². The second-order valence-corrected chi connectivity index (χ2v) is 12.7. The minimum absolute atomic E-state index is 0.0619. The van der Waals surface area contributed by atoms with Crippen molar-refractivity contribution in [3.8, 4) is 0 Å². The lowest BCUT2D eigenvalue weighted by Gasteiger charge is -2.65. The Bertz CT molecular complexity index is 556. The Morgan fingerprint density at radius 3 is 1.00 bits per heavy atom. The second kappa shape index (κ2) is 6.18. The minimum atomic E-state index is -0.931. The number of hydrogen-bond acceptors (Lipinski definition) is 4. The molecular formula is C24H44O4. The van der Waals surface area contributed by atoms with Crippen molar-refractivity contribution in [2.75, 3.05) is 0 Å². The fourth-order valence-electron chi connectivity index (χ4n) is 6.27. The van der Waals surface area contributed by atoms with Gasteiger partial charge in [0.15, 0.2) is 0 Å². The van der Waals surface area contributed by atoms with Crippen LogP contribution >= 0.6 is 0 Å². The molecule has 0 amide bonds. The van der Waals surface area contributed by atoms with E-state index < -0.39 is 11.6 Å². The smallest absolute Gasteiger partial charge is 0.194 e. The lowest BCUT2D eigenvalue weighted by atomic mass is 9.52. The fraction of sp³-hybridized carbons (Fsp3) is 1.00. The van der Waals surface area contributed by atoms with Crippen molar-refractivity contribution >= 4 is 0 Å². The molecular weight excluding hydrogens is 352 g/mol. The Morgan fingerprint density at radius 1 is 0.500 bits per heavy atom. The van der Waals surface area contributed by atoms with Gasteiger partial charge in [-0.15, -0.1) is 0 Å². The summed E-state index contributed by atoms with van der Waals surface area (Å²) in [4.78, 5) is 25.7. The van der Waals surface area contributed by atoms with Crippen LogP contribution in [0.4, 0.5) is 0 Å². The standard InChI is InChI=1S/C24H44O4/c1-15-13-19(5,6)17(3)23(21(15,9)10)25-27-24(28-26-23)18(4)20(7,8)14-16(2)22(24,11)12/h15-18H,13-14H2,1-12H3. The SMILES string of the molecule is CC1CC(C)(C)C(C)C2(OOC3(OO2)C(C)C(C)(C)CC(C)C3(C)C)C1(C)C. The van der Waals surface area contributed by atoms with Gasteiger partial charge in [0.2, 0.25) is 11.6 Å². The molecule has 164 valence electrons. The van der Waals surface area contributed by atoms with E-state index in [1.165, 1.54) is 0 Å². The summed E-state index contributed by atoms with van der Waals surface area (Å²) >= 11 is 0. The van der Waals surface area contributed by atoms with Crippen LogP contribution in [0.25, 0.3) is 0 Å².